The SMILES string of the molecule is C[C@]12CCC(=O)C[C@H]1CC[C@@H]1[C@@H]2CC[C@@]2(C)[C@H]1CC[C@@H]2[C@@]1(C)CO1. The minimum atomic E-state index is 0.203. The number of carbonyl (C=O) groups excluding carboxylic acids is 1. The molecule has 0 unspecified atom stereocenters. The second kappa shape index (κ2) is 4.87. The molecular weight excluding hydrogens is 296 g/mol. The maximum Gasteiger partial charge on any atom is 0.133 e. The van der Waals surface area contributed by atoms with E-state index in [1.54, 1.807) is 0 Å². The average Bonchev–Trinajstić information content (AvgIpc) is 3.17. The second-order valence-electron chi connectivity index (χ2n) is 10.7. The topological polar surface area (TPSA) is 29.6 Å². The Labute approximate surface area is 147 Å². The van der Waals surface area contributed by atoms with Gasteiger partial charge in [0.05, 0.1) is 12.2 Å². The number of ether oxygens (including phenoxy) is 1. The molecule has 2 heteroatoms. The van der Waals surface area contributed by atoms with E-state index in [2.05, 4.69) is 20.8 Å². The van der Waals surface area contributed by atoms with Crippen molar-refractivity contribution in [1.82, 2.24) is 0 Å². The van der Waals surface area contributed by atoms with E-state index in [0.717, 1.165) is 43.1 Å². The van der Waals surface area contributed by atoms with E-state index in [-0.39, 0.29) is 5.60 Å². The zero-order chi connectivity index (χ0) is 16.7. The van der Waals surface area contributed by atoms with Gasteiger partial charge in [-0.25, -0.2) is 0 Å². The third kappa shape index (κ3) is 1.95. The van der Waals surface area contributed by atoms with Crippen molar-refractivity contribution in [2.45, 2.75) is 84.2 Å². The highest BCUT2D eigenvalue weighted by atomic mass is 16.6. The molecule has 8 atom stereocenters. The molecule has 5 fully saturated rings. The van der Waals surface area contributed by atoms with Gasteiger partial charge in [-0.15, -0.1) is 0 Å². The van der Waals surface area contributed by atoms with Crippen LogP contribution in [-0.4, -0.2) is 18.0 Å². The first-order valence-corrected chi connectivity index (χ1v) is 10.5. The van der Waals surface area contributed by atoms with Crippen molar-refractivity contribution >= 4 is 5.78 Å². The van der Waals surface area contributed by atoms with Gasteiger partial charge in [-0.2, -0.15) is 0 Å². The minimum absolute atomic E-state index is 0.203. The van der Waals surface area contributed by atoms with Gasteiger partial charge in [0.25, 0.3) is 0 Å². The van der Waals surface area contributed by atoms with Gasteiger partial charge < -0.3 is 4.74 Å². The highest BCUT2D eigenvalue weighted by molar-refractivity contribution is 5.79. The van der Waals surface area contributed by atoms with Crippen molar-refractivity contribution in [3.05, 3.63) is 0 Å². The monoisotopic (exact) mass is 330 g/mol. The summed E-state index contributed by atoms with van der Waals surface area (Å²) >= 11 is 0. The van der Waals surface area contributed by atoms with Crippen LogP contribution >= 0.6 is 0 Å². The predicted molar refractivity (Wildman–Crippen MR) is 94.6 cm³/mol. The summed E-state index contributed by atoms with van der Waals surface area (Å²) in [6.45, 7) is 8.52. The van der Waals surface area contributed by atoms with Gasteiger partial charge in [-0.1, -0.05) is 13.8 Å². The highest BCUT2D eigenvalue weighted by Crippen LogP contribution is 2.69. The molecule has 0 N–H and O–H groups in total. The number of hydrogen-bond acceptors (Lipinski definition) is 2. The van der Waals surface area contributed by atoms with Crippen LogP contribution in [0.15, 0.2) is 0 Å². The second-order valence-corrected chi connectivity index (χ2v) is 10.7. The minimum Gasteiger partial charge on any atom is -0.370 e. The van der Waals surface area contributed by atoms with Gasteiger partial charge in [0.15, 0.2) is 0 Å². The molecule has 24 heavy (non-hydrogen) atoms. The number of Topliss-reactive ketones (excluding diaryl/α,β-unsaturated/α-hetero) is 1. The van der Waals surface area contributed by atoms with E-state index >= 15 is 0 Å². The lowest BCUT2D eigenvalue weighted by atomic mass is 9.44. The Morgan fingerprint density at radius 1 is 0.917 bits per heavy atom. The summed E-state index contributed by atoms with van der Waals surface area (Å²) in [4.78, 5) is 12.0. The van der Waals surface area contributed by atoms with Crippen LogP contribution in [0.1, 0.15) is 78.6 Å². The summed E-state index contributed by atoms with van der Waals surface area (Å²) in [5.74, 6) is 4.73. The Hall–Kier alpha value is -0.370. The fourth-order valence-corrected chi connectivity index (χ4v) is 8.36. The van der Waals surface area contributed by atoms with Crippen LogP contribution in [0.25, 0.3) is 0 Å². The van der Waals surface area contributed by atoms with Crippen LogP contribution in [0.3, 0.4) is 0 Å². The van der Waals surface area contributed by atoms with Crippen molar-refractivity contribution in [2.75, 3.05) is 6.61 Å². The van der Waals surface area contributed by atoms with Crippen LogP contribution in [0.5, 0.6) is 0 Å². The van der Waals surface area contributed by atoms with Gasteiger partial charge in [-0.3, -0.25) is 4.79 Å². The maximum atomic E-state index is 12.0. The quantitative estimate of drug-likeness (QED) is 0.633. The largest absolute Gasteiger partial charge is 0.370 e. The molecule has 2 nitrogen and oxygen atoms in total. The molecule has 0 radical (unpaired) electrons. The summed E-state index contributed by atoms with van der Waals surface area (Å²) in [6, 6.07) is 0. The molecule has 4 saturated carbocycles. The smallest absolute Gasteiger partial charge is 0.133 e. The Kier molecular flexibility index (Phi) is 3.22. The lowest BCUT2D eigenvalue weighted by molar-refractivity contribution is -0.140. The van der Waals surface area contributed by atoms with E-state index in [1.165, 1.54) is 44.9 Å². The molecule has 4 aliphatic carbocycles. The van der Waals surface area contributed by atoms with Crippen molar-refractivity contribution in [1.29, 1.82) is 0 Å². The molecule has 1 saturated heterocycles. The molecule has 134 valence electrons. The maximum absolute atomic E-state index is 12.0. The van der Waals surface area contributed by atoms with E-state index in [1.807, 2.05) is 0 Å². The number of epoxide rings is 1. The fraction of sp³-hybridized carbons (Fsp3) is 0.955. The molecule has 0 aromatic heterocycles. The Balaban J connectivity index is 1.44. The van der Waals surface area contributed by atoms with Gasteiger partial charge in [0, 0.05) is 12.8 Å². The zero-order valence-electron chi connectivity index (χ0n) is 15.8. The third-order valence-corrected chi connectivity index (χ3v) is 9.82. The standard InChI is InChI=1S/C22H34O2/c1-20-10-8-15(23)12-14(20)4-5-16-17-6-7-19(22(3)13-24-22)21(17,2)11-9-18(16)20/h14,16-19H,4-13H2,1-3H3/t14-,16+,17+,18+,19+,20+,21+,22-/m1/s1. The third-order valence-electron chi connectivity index (χ3n) is 9.82. The Bertz CT molecular complexity index is 564. The molecule has 0 amide bonds. The molecular formula is C22H34O2. The first kappa shape index (κ1) is 15.9. The number of carbonyl (C=O) groups is 1. The Morgan fingerprint density at radius 3 is 2.42 bits per heavy atom. The van der Waals surface area contributed by atoms with Crippen LogP contribution in [0.4, 0.5) is 0 Å². The predicted octanol–water partition coefficient (Wildman–Crippen LogP) is 5.00. The summed E-state index contributed by atoms with van der Waals surface area (Å²) in [5.41, 5.74) is 1.17. The van der Waals surface area contributed by atoms with Crippen molar-refractivity contribution in [3.63, 3.8) is 0 Å². The Morgan fingerprint density at radius 2 is 1.67 bits per heavy atom. The molecule has 1 aliphatic heterocycles. The molecule has 0 spiro atoms. The fourth-order valence-electron chi connectivity index (χ4n) is 8.36. The summed E-state index contributed by atoms with van der Waals surface area (Å²) < 4.78 is 5.91. The van der Waals surface area contributed by atoms with Crippen LogP contribution in [0.2, 0.25) is 0 Å². The van der Waals surface area contributed by atoms with Crippen LogP contribution in [0, 0.1) is 40.4 Å². The van der Waals surface area contributed by atoms with E-state index in [0.29, 0.717) is 22.5 Å². The first-order chi connectivity index (χ1) is 11.4. The number of hydrogen-bond donors (Lipinski definition) is 0. The number of ketones is 1. The molecule has 0 bridgehead atoms. The average molecular weight is 331 g/mol. The van der Waals surface area contributed by atoms with Gasteiger partial charge in [0.2, 0.25) is 0 Å². The lowest BCUT2D eigenvalue weighted by Crippen LogP contribution is -2.54. The summed E-state index contributed by atoms with van der Waals surface area (Å²) in [5, 5.41) is 0. The highest BCUT2D eigenvalue weighted by Gasteiger charge is 2.65. The first-order valence-electron chi connectivity index (χ1n) is 10.5. The van der Waals surface area contributed by atoms with Crippen molar-refractivity contribution < 1.29 is 9.53 Å². The van der Waals surface area contributed by atoms with E-state index in [9.17, 15) is 4.79 Å². The molecule has 0 aromatic rings. The molecule has 0 aromatic carbocycles. The van der Waals surface area contributed by atoms with Gasteiger partial charge in [-0.05, 0) is 92.3 Å². The zero-order valence-corrected chi connectivity index (χ0v) is 15.8. The summed E-state index contributed by atoms with van der Waals surface area (Å²) in [7, 11) is 0. The number of fused-ring (bicyclic) bond motifs is 5. The number of rotatable bonds is 1. The summed E-state index contributed by atoms with van der Waals surface area (Å²) in [6.07, 6.45) is 11.2. The van der Waals surface area contributed by atoms with Crippen molar-refractivity contribution in [3.8, 4) is 0 Å². The van der Waals surface area contributed by atoms with E-state index in [4.69, 9.17) is 4.74 Å². The van der Waals surface area contributed by atoms with Crippen molar-refractivity contribution in [2.24, 2.45) is 40.4 Å². The van der Waals surface area contributed by atoms with Gasteiger partial charge >= 0.3 is 0 Å². The molecule has 5 aliphatic rings. The van der Waals surface area contributed by atoms with Crippen LogP contribution in [-0.2, 0) is 9.53 Å². The van der Waals surface area contributed by atoms with E-state index < -0.39 is 0 Å². The normalized spacial score (nSPS) is 59.5. The van der Waals surface area contributed by atoms with Crippen LogP contribution < -0.4 is 0 Å². The molecule has 5 rings (SSSR count). The molecule has 1 heterocycles. The lowest BCUT2D eigenvalue weighted by Gasteiger charge is -2.60. The van der Waals surface area contributed by atoms with Gasteiger partial charge in [0.1, 0.15) is 5.78 Å².